The van der Waals surface area contributed by atoms with E-state index in [2.05, 4.69) is 24.8 Å². The highest BCUT2D eigenvalue weighted by molar-refractivity contribution is 8.26. The summed E-state index contributed by atoms with van der Waals surface area (Å²) >= 11 is 6.79. The van der Waals surface area contributed by atoms with Gasteiger partial charge in [-0.3, -0.25) is 9.69 Å². The maximum atomic E-state index is 12.8. The minimum atomic E-state index is -0.0347. The van der Waals surface area contributed by atoms with Gasteiger partial charge in [0.25, 0.3) is 5.91 Å². The maximum absolute atomic E-state index is 12.8. The van der Waals surface area contributed by atoms with Crippen LogP contribution >= 0.6 is 24.0 Å². The first-order chi connectivity index (χ1) is 14.5. The SMILES string of the molecule is C=CCN1C(=O)/C(=C/c2cc(C34CC5CC(CC(C5)C3)C4)ccc2OCC)SC1=S. The van der Waals surface area contributed by atoms with Crippen LogP contribution in [0.3, 0.4) is 0 Å². The molecule has 4 bridgehead atoms. The van der Waals surface area contributed by atoms with Crippen LogP contribution in [0.2, 0.25) is 0 Å². The summed E-state index contributed by atoms with van der Waals surface area (Å²) in [6, 6.07) is 6.71. The second-order valence-corrected chi connectivity index (χ2v) is 11.1. The first kappa shape index (κ1) is 20.3. The molecule has 1 aromatic rings. The molecule has 0 N–H and O–H groups in total. The van der Waals surface area contributed by atoms with Crippen LogP contribution in [0.15, 0.2) is 35.8 Å². The third-order valence-corrected chi connectivity index (χ3v) is 8.81. The van der Waals surface area contributed by atoms with Crippen LogP contribution in [-0.4, -0.2) is 28.3 Å². The first-order valence-electron chi connectivity index (χ1n) is 11.1. The highest BCUT2D eigenvalue weighted by Gasteiger charge is 2.51. The van der Waals surface area contributed by atoms with Crippen molar-refractivity contribution in [1.29, 1.82) is 0 Å². The lowest BCUT2D eigenvalue weighted by atomic mass is 9.48. The zero-order valence-corrected chi connectivity index (χ0v) is 19.2. The molecule has 1 heterocycles. The van der Waals surface area contributed by atoms with E-state index in [1.807, 2.05) is 13.0 Å². The summed E-state index contributed by atoms with van der Waals surface area (Å²) in [7, 11) is 0. The van der Waals surface area contributed by atoms with Gasteiger partial charge in [-0.05, 0) is 92.4 Å². The fraction of sp³-hybridized carbons (Fsp3) is 0.520. The number of thiocarbonyl (C=S) groups is 1. The van der Waals surface area contributed by atoms with Crippen LogP contribution in [0.4, 0.5) is 0 Å². The summed E-state index contributed by atoms with van der Waals surface area (Å²) < 4.78 is 6.53. The Balaban J connectivity index is 1.51. The van der Waals surface area contributed by atoms with Crippen molar-refractivity contribution in [1.82, 2.24) is 4.90 Å². The Morgan fingerprint density at radius 3 is 2.50 bits per heavy atom. The van der Waals surface area contributed by atoms with E-state index in [9.17, 15) is 4.79 Å². The summed E-state index contributed by atoms with van der Waals surface area (Å²) in [5, 5.41) is 0. The van der Waals surface area contributed by atoms with Crippen molar-refractivity contribution in [2.75, 3.05) is 13.2 Å². The van der Waals surface area contributed by atoms with Crippen LogP contribution in [0, 0.1) is 17.8 Å². The smallest absolute Gasteiger partial charge is 0.266 e. The van der Waals surface area contributed by atoms with E-state index in [4.69, 9.17) is 17.0 Å². The minimum absolute atomic E-state index is 0.0347. The standard InChI is InChI=1S/C25H29NO2S2/c1-3-7-26-23(27)22(30-24(26)29)12-19-11-20(5-6-21(19)28-4-2)25-13-16-8-17(14-25)10-18(9-16)15-25/h3,5-6,11-12,16-18H,1,4,7-10,13-15H2,2H3/b22-12-. The van der Waals surface area contributed by atoms with E-state index < -0.39 is 0 Å². The fourth-order valence-electron chi connectivity index (χ4n) is 6.67. The molecular weight excluding hydrogens is 410 g/mol. The number of hydrogen-bond acceptors (Lipinski definition) is 4. The Kier molecular flexibility index (Phi) is 5.30. The van der Waals surface area contributed by atoms with E-state index in [-0.39, 0.29) is 5.91 Å². The van der Waals surface area contributed by atoms with Gasteiger partial charge >= 0.3 is 0 Å². The van der Waals surface area contributed by atoms with Crippen LogP contribution in [0.25, 0.3) is 6.08 Å². The summed E-state index contributed by atoms with van der Waals surface area (Å²) in [6.45, 7) is 6.80. The molecule has 5 fully saturated rings. The third kappa shape index (κ3) is 3.44. The van der Waals surface area contributed by atoms with E-state index in [0.29, 0.717) is 27.8 Å². The summed E-state index contributed by atoms with van der Waals surface area (Å²) in [6.07, 6.45) is 12.0. The number of nitrogens with zero attached hydrogens (tertiary/aromatic N) is 1. The summed E-state index contributed by atoms with van der Waals surface area (Å²) in [5.41, 5.74) is 2.77. The lowest BCUT2D eigenvalue weighted by molar-refractivity contribution is -0.121. The second kappa shape index (κ2) is 7.83. The topological polar surface area (TPSA) is 29.5 Å². The molecule has 0 atom stereocenters. The van der Waals surface area contributed by atoms with Gasteiger partial charge in [-0.2, -0.15) is 0 Å². The number of amides is 1. The minimum Gasteiger partial charge on any atom is -0.493 e. The number of thioether (sulfide) groups is 1. The maximum Gasteiger partial charge on any atom is 0.266 e. The fourth-order valence-corrected chi connectivity index (χ4v) is 7.94. The molecule has 1 saturated heterocycles. The van der Waals surface area contributed by atoms with Crippen LogP contribution < -0.4 is 4.74 Å². The van der Waals surface area contributed by atoms with Gasteiger partial charge in [0.1, 0.15) is 10.1 Å². The normalized spacial score (nSPS) is 33.6. The van der Waals surface area contributed by atoms with Gasteiger partial charge in [0, 0.05) is 12.1 Å². The van der Waals surface area contributed by atoms with Crippen molar-refractivity contribution in [3.63, 3.8) is 0 Å². The van der Waals surface area contributed by atoms with Crippen molar-refractivity contribution >= 4 is 40.3 Å². The lowest BCUT2D eigenvalue weighted by Crippen LogP contribution is -2.48. The van der Waals surface area contributed by atoms with Crippen LogP contribution in [0.1, 0.15) is 56.6 Å². The van der Waals surface area contributed by atoms with Gasteiger partial charge < -0.3 is 4.74 Å². The molecule has 1 amide bonds. The Labute approximate surface area is 188 Å². The van der Waals surface area contributed by atoms with Crippen LogP contribution in [0.5, 0.6) is 5.75 Å². The highest BCUT2D eigenvalue weighted by Crippen LogP contribution is 2.61. The predicted molar refractivity (Wildman–Crippen MR) is 128 cm³/mol. The van der Waals surface area contributed by atoms with Crippen LogP contribution in [-0.2, 0) is 10.2 Å². The lowest BCUT2D eigenvalue weighted by Gasteiger charge is -2.57. The monoisotopic (exact) mass is 439 g/mol. The van der Waals surface area contributed by atoms with E-state index >= 15 is 0 Å². The second-order valence-electron chi connectivity index (χ2n) is 9.46. The molecule has 1 aromatic carbocycles. The largest absolute Gasteiger partial charge is 0.493 e. The zero-order chi connectivity index (χ0) is 20.9. The van der Waals surface area contributed by atoms with Gasteiger partial charge in [0.2, 0.25) is 0 Å². The third-order valence-electron chi connectivity index (χ3n) is 7.43. The number of ether oxygens (including phenoxy) is 1. The molecule has 0 spiro atoms. The zero-order valence-electron chi connectivity index (χ0n) is 17.6. The Morgan fingerprint density at radius 1 is 1.23 bits per heavy atom. The summed E-state index contributed by atoms with van der Waals surface area (Å²) in [4.78, 5) is 15.1. The highest BCUT2D eigenvalue weighted by atomic mass is 32.2. The van der Waals surface area contributed by atoms with Gasteiger partial charge in [-0.1, -0.05) is 36.1 Å². The number of benzene rings is 1. The molecule has 1 aliphatic heterocycles. The molecule has 3 nitrogen and oxygen atoms in total. The quantitative estimate of drug-likeness (QED) is 0.312. The molecule has 5 aliphatic rings. The van der Waals surface area contributed by atoms with Gasteiger partial charge in [0.05, 0.1) is 11.5 Å². The average Bonchev–Trinajstić information content (AvgIpc) is 2.96. The molecule has 158 valence electrons. The van der Waals surface area contributed by atoms with Crippen molar-refractivity contribution in [3.05, 3.63) is 46.9 Å². The summed E-state index contributed by atoms with van der Waals surface area (Å²) in [5.74, 6) is 3.52. The van der Waals surface area contributed by atoms with Crippen molar-refractivity contribution < 1.29 is 9.53 Å². The van der Waals surface area contributed by atoms with E-state index in [1.54, 1.807) is 11.0 Å². The molecule has 30 heavy (non-hydrogen) atoms. The molecular formula is C25H29NO2S2. The number of carbonyl (C=O) groups excluding carboxylic acids is 1. The Morgan fingerprint density at radius 2 is 1.90 bits per heavy atom. The number of carbonyl (C=O) groups is 1. The van der Waals surface area contributed by atoms with E-state index in [0.717, 1.165) is 29.1 Å². The molecule has 0 unspecified atom stereocenters. The van der Waals surface area contributed by atoms with Crippen molar-refractivity contribution in [2.45, 2.75) is 50.9 Å². The molecule has 0 aromatic heterocycles. The average molecular weight is 440 g/mol. The van der Waals surface area contributed by atoms with Crippen molar-refractivity contribution in [3.8, 4) is 5.75 Å². The first-order valence-corrected chi connectivity index (χ1v) is 12.4. The van der Waals surface area contributed by atoms with Gasteiger partial charge in [-0.25, -0.2) is 0 Å². The predicted octanol–water partition coefficient (Wildman–Crippen LogP) is 5.94. The number of rotatable bonds is 6. The Bertz CT molecular complexity index is 900. The molecule has 0 radical (unpaired) electrons. The van der Waals surface area contributed by atoms with E-state index in [1.165, 1.54) is 55.9 Å². The molecule has 4 saturated carbocycles. The molecule has 4 aliphatic carbocycles. The molecule has 5 heteroatoms. The Hall–Kier alpha value is -1.59. The number of hydrogen-bond donors (Lipinski definition) is 0. The van der Waals surface area contributed by atoms with Gasteiger partial charge in [0.15, 0.2) is 0 Å². The molecule has 6 rings (SSSR count). The van der Waals surface area contributed by atoms with Crippen molar-refractivity contribution in [2.24, 2.45) is 17.8 Å². The van der Waals surface area contributed by atoms with Gasteiger partial charge in [-0.15, -0.1) is 6.58 Å².